The largest absolute Gasteiger partial charge is 0.340 e. The summed E-state index contributed by atoms with van der Waals surface area (Å²) in [5, 5.41) is 0. The van der Waals surface area contributed by atoms with Crippen molar-refractivity contribution in [1.29, 1.82) is 0 Å². The third-order valence-electron chi connectivity index (χ3n) is 3.31. The number of Topliss-reactive ketones (excluding diaryl/α,β-unsaturated/α-hetero) is 1. The van der Waals surface area contributed by atoms with Crippen LogP contribution in [0, 0.1) is 5.92 Å². The van der Waals surface area contributed by atoms with Crippen LogP contribution in [0.2, 0.25) is 0 Å². The summed E-state index contributed by atoms with van der Waals surface area (Å²) in [7, 11) is 1.88. The number of nitrogens with zero attached hydrogens (tertiary/aromatic N) is 2. The topological polar surface area (TPSA) is 34.9 Å². The number of benzene rings is 1. The minimum Gasteiger partial charge on any atom is -0.340 e. The van der Waals surface area contributed by atoms with Gasteiger partial charge in [0.1, 0.15) is 5.69 Å². The molecule has 0 radical (unpaired) electrons. The van der Waals surface area contributed by atoms with Gasteiger partial charge < -0.3 is 4.57 Å². The van der Waals surface area contributed by atoms with Crippen LogP contribution in [0.25, 0.3) is 0 Å². The maximum absolute atomic E-state index is 12.1. The number of hydrogen-bond acceptors (Lipinski definition) is 2. The number of carbonyl (C=O) groups is 1. The Kier molecular flexibility index (Phi) is 2.32. The van der Waals surface area contributed by atoms with E-state index in [2.05, 4.69) is 17.1 Å². The van der Waals surface area contributed by atoms with Crippen molar-refractivity contribution < 1.29 is 4.79 Å². The Balaban J connectivity index is 1.75. The van der Waals surface area contributed by atoms with Crippen molar-refractivity contribution in [3.05, 3.63) is 54.1 Å². The first-order valence-electron chi connectivity index (χ1n) is 5.83. The molecular weight excluding hydrogens is 212 g/mol. The molecule has 1 aromatic carbocycles. The Bertz CT molecular complexity index is 544. The molecule has 0 saturated heterocycles. The molecule has 1 aliphatic carbocycles. The van der Waals surface area contributed by atoms with Crippen LogP contribution in [0.4, 0.5) is 0 Å². The molecule has 3 rings (SSSR count). The molecule has 86 valence electrons. The highest BCUT2D eigenvalue weighted by atomic mass is 16.1. The molecule has 0 spiro atoms. The van der Waals surface area contributed by atoms with E-state index in [1.54, 1.807) is 12.5 Å². The predicted octanol–water partition coefficient (Wildman–Crippen LogP) is 2.41. The first kappa shape index (κ1) is 10.3. The normalized spacial score (nSPS) is 22.4. The maximum atomic E-state index is 12.1. The Morgan fingerprint density at radius 2 is 2.12 bits per heavy atom. The summed E-state index contributed by atoms with van der Waals surface area (Å²) >= 11 is 0. The fourth-order valence-electron chi connectivity index (χ4n) is 2.28. The third kappa shape index (κ3) is 1.88. The molecule has 1 saturated carbocycles. The Morgan fingerprint density at radius 1 is 1.35 bits per heavy atom. The molecule has 3 nitrogen and oxygen atoms in total. The average molecular weight is 226 g/mol. The molecular formula is C14H14N2O. The number of ketones is 1. The van der Waals surface area contributed by atoms with Gasteiger partial charge in [-0.05, 0) is 17.9 Å². The number of carbonyl (C=O) groups excluding carboxylic acids is 1. The van der Waals surface area contributed by atoms with Crippen molar-refractivity contribution in [2.45, 2.75) is 12.3 Å². The summed E-state index contributed by atoms with van der Waals surface area (Å²) in [6.45, 7) is 0. The molecule has 1 aliphatic rings. The minimum atomic E-state index is 0.132. The minimum absolute atomic E-state index is 0.132. The quantitative estimate of drug-likeness (QED) is 0.753. The average Bonchev–Trinajstić information content (AvgIpc) is 3.05. The van der Waals surface area contributed by atoms with Gasteiger partial charge in [0.25, 0.3) is 0 Å². The van der Waals surface area contributed by atoms with Crippen LogP contribution in [0.15, 0.2) is 42.9 Å². The van der Waals surface area contributed by atoms with Gasteiger partial charge in [-0.15, -0.1) is 0 Å². The highest BCUT2D eigenvalue weighted by Gasteiger charge is 2.44. The van der Waals surface area contributed by atoms with Gasteiger partial charge in [0, 0.05) is 19.2 Å². The van der Waals surface area contributed by atoms with Crippen molar-refractivity contribution in [2.75, 3.05) is 0 Å². The van der Waals surface area contributed by atoms with Gasteiger partial charge in [0.05, 0.1) is 6.33 Å². The first-order valence-corrected chi connectivity index (χ1v) is 5.83. The van der Waals surface area contributed by atoms with Gasteiger partial charge in [-0.25, -0.2) is 4.98 Å². The summed E-state index contributed by atoms with van der Waals surface area (Å²) in [5.41, 5.74) is 1.86. The molecule has 1 aromatic heterocycles. The van der Waals surface area contributed by atoms with Crippen LogP contribution in [-0.2, 0) is 7.05 Å². The van der Waals surface area contributed by atoms with Crippen LogP contribution in [-0.4, -0.2) is 15.3 Å². The van der Waals surface area contributed by atoms with Gasteiger partial charge in [0.15, 0.2) is 5.78 Å². The lowest BCUT2D eigenvalue weighted by Gasteiger charge is -1.98. The zero-order valence-electron chi connectivity index (χ0n) is 9.71. The summed E-state index contributed by atoms with van der Waals surface area (Å²) in [6.07, 6.45) is 4.43. The molecule has 1 heterocycles. The van der Waals surface area contributed by atoms with E-state index in [0.717, 1.165) is 6.42 Å². The van der Waals surface area contributed by atoms with E-state index in [4.69, 9.17) is 0 Å². The van der Waals surface area contributed by atoms with Gasteiger partial charge in [-0.3, -0.25) is 4.79 Å². The number of aryl methyl sites for hydroxylation is 1. The predicted molar refractivity (Wildman–Crippen MR) is 64.8 cm³/mol. The lowest BCUT2D eigenvalue weighted by molar-refractivity contribution is 0.0960. The molecule has 0 amide bonds. The lowest BCUT2D eigenvalue weighted by Crippen LogP contribution is -2.03. The van der Waals surface area contributed by atoms with Crippen LogP contribution in [0.5, 0.6) is 0 Å². The van der Waals surface area contributed by atoms with Crippen LogP contribution in [0.3, 0.4) is 0 Å². The molecule has 2 unspecified atom stereocenters. The van der Waals surface area contributed by atoms with Gasteiger partial charge in [0.2, 0.25) is 0 Å². The van der Waals surface area contributed by atoms with E-state index >= 15 is 0 Å². The Labute approximate surface area is 100 Å². The fraction of sp³-hybridized carbons (Fsp3) is 0.286. The van der Waals surface area contributed by atoms with E-state index < -0.39 is 0 Å². The molecule has 0 N–H and O–H groups in total. The molecule has 2 atom stereocenters. The van der Waals surface area contributed by atoms with Crippen molar-refractivity contribution in [3.63, 3.8) is 0 Å². The monoisotopic (exact) mass is 226 g/mol. The Morgan fingerprint density at radius 3 is 2.76 bits per heavy atom. The number of aromatic nitrogens is 2. The number of hydrogen-bond donors (Lipinski definition) is 0. The van der Waals surface area contributed by atoms with Crippen molar-refractivity contribution in [3.8, 4) is 0 Å². The zero-order valence-corrected chi connectivity index (χ0v) is 9.71. The fourth-order valence-corrected chi connectivity index (χ4v) is 2.28. The molecule has 2 aromatic rings. The van der Waals surface area contributed by atoms with E-state index in [-0.39, 0.29) is 11.7 Å². The highest BCUT2D eigenvalue weighted by molar-refractivity contribution is 5.98. The standard InChI is InChI=1S/C14H14N2O/c1-16-8-13(15-9-16)14(17)12-7-11(12)10-5-3-2-4-6-10/h2-6,8-9,11-12H,7H2,1H3. The molecule has 1 fully saturated rings. The Hall–Kier alpha value is -1.90. The van der Waals surface area contributed by atoms with Crippen LogP contribution >= 0.6 is 0 Å². The first-order chi connectivity index (χ1) is 8.25. The summed E-state index contributed by atoms with van der Waals surface area (Å²) in [5.74, 6) is 0.706. The van der Waals surface area contributed by atoms with Crippen molar-refractivity contribution in [2.24, 2.45) is 13.0 Å². The van der Waals surface area contributed by atoms with Crippen molar-refractivity contribution in [1.82, 2.24) is 9.55 Å². The van der Waals surface area contributed by atoms with Crippen LogP contribution in [0.1, 0.15) is 28.4 Å². The van der Waals surface area contributed by atoms with E-state index in [1.165, 1.54) is 5.56 Å². The lowest BCUT2D eigenvalue weighted by atomic mass is 10.1. The second kappa shape index (κ2) is 3.84. The second-order valence-corrected chi connectivity index (χ2v) is 4.65. The number of rotatable bonds is 3. The zero-order chi connectivity index (χ0) is 11.8. The third-order valence-corrected chi connectivity index (χ3v) is 3.31. The van der Waals surface area contributed by atoms with E-state index in [1.807, 2.05) is 29.8 Å². The van der Waals surface area contributed by atoms with Crippen LogP contribution < -0.4 is 0 Å². The molecule has 17 heavy (non-hydrogen) atoms. The smallest absolute Gasteiger partial charge is 0.186 e. The van der Waals surface area contributed by atoms with E-state index in [9.17, 15) is 4.79 Å². The van der Waals surface area contributed by atoms with Gasteiger partial charge >= 0.3 is 0 Å². The van der Waals surface area contributed by atoms with Gasteiger partial charge in [-0.2, -0.15) is 0 Å². The summed E-state index contributed by atoms with van der Waals surface area (Å²) < 4.78 is 1.81. The summed E-state index contributed by atoms with van der Waals surface area (Å²) in [4.78, 5) is 16.2. The van der Waals surface area contributed by atoms with E-state index in [0.29, 0.717) is 11.6 Å². The maximum Gasteiger partial charge on any atom is 0.186 e. The molecule has 3 heteroatoms. The molecule has 0 aliphatic heterocycles. The van der Waals surface area contributed by atoms with Crippen molar-refractivity contribution >= 4 is 5.78 Å². The second-order valence-electron chi connectivity index (χ2n) is 4.65. The summed E-state index contributed by atoms with van der Waals surface area (Å²) in [6, 6.07) is 10.2. The molecule has 0 bridgehead atoms. The highest BCUT2D eigenvalue weighted by Crippen LogP contribution is 2.48. The SMILES string of the molecule is Cn1cnc(C(=O)C2CC2c2ccccc2)c1. The number of imidazole rings is 1. The van der Waals surface area contributed by atoms with Gasteiger partial charge in [-0.1, -0.05) is 30.3 Å².